The number of fused-ring (bicyclic) bond motifs is 5. The number of H-pyrrole nitrogens is 1. The van der Waals surface area contributed by atoms with Crippen LogP contribution in [-0.4, -0.2) is 24.6 Å². The highest BCUT2D eigenvalue weighted by molar-refractivity contribution is 5.74. The van der Waals surface area contributed by atoms with Crippen molar-refractivity contribution in [1.29, 1.82) is 0 Å². The molecule has 0 aliphatic heterocycles. The van der Waals surface area contributed by atoms with Crippen LogP contribution in [0.25, 0.3) is 16.8 Å². The van der Waals surface area contributed by atoms with Gasteiger partial charge in [0.1, 0.15) is 5.82 Å². The number of hydrogen-bond acceptors (Lipinski definition) is 3. The van der Waals surface area contributed by atoms with Gasteiger partial charge in [-0.15, -0.1) is 10.2 Å². The third-order valence-electron chi connectivity index (χ3n) is 6.78. The number of hydrogen-bond donors (Lipinski definition) is 1. The molecule has 0 saturated heterocycles. The van der Waals surface area contributed by atoms with Crippen molar-refractivity contribution in [2.45, 2.75) is 44.4 Å². The highest BCUT2D eigenvalue weighted by Gasteiger charge is 2.45. The van der Waals surface area contributed by atoms with Crippen molar-refractivity contribution in [3.63, 3.8) is 0 Å². The van der Waals surface area contributed by atoms with E-state index >= 15 is 0 Å². The maximum absolute atomic E-state index is 4.62. The fourth-order valence-corrected chi connectivity index (χ4v) is 6.03. The van der Waals surface area contributed by atoms with Crippen LogP contribution >= 0.6 is 0 Å². The molecule has 3 aliphatic carbocycles. The van der Waals surface area contributed by atoms with Gasteiger partial charge in [0, 0.05) is 12.1 Å². The van der Waals surface area contributed by atoms with Gasteiger partial charge in [0.15, 0.2) is 11.3 Å². The molecule has 3 aromatic heterocycles. The molecule has 0 radical (unpaired) electrons. The maximum atomic E-state index is 4.62. The molecule has 3 heterocycles. The molecule has 5 unspecified atom stereocenters. The van der Waals surface area contributed by atoms with Gasteiger partial charge in [-0.3, -0.25) is 4.40 Å². The summed E-state index contributed by atoms with van der Waals surface area (Å²) in [6.07, 6.45) is 12.3. The third-order valence-corrected chi connectivity index (χ3v) is 6.78. The molecule has 3 aromatic rings. The lowest BCUT2D eigenvalue weighted by Gasteiger charge is -2.28. The second-order valence-electron chi connectivity index (χ2n) is 8.08. The van der Waals surface area contributed by atoms with E-state index in [2.05, 4.69) is 30.6 Å². The zero-order valence-electron chi connectivity index (χ0n) is 13.2. The Hall–Kier alpha value is -1.91. The second-order valence-corrected chi connectivity index (χ2v) is 8.08. The molecule has 23 heavy (non-hydrogen) atoms. The second kappa shape index (κ2) is 4.34. The van der Waals surface area contributed by atoms with E-state index in [4.69, 9.17) is 0 Å². The van der Waals surface area contributed by atoms with Gasteiger partial charge < -0.3 is 4.98 Å². The molecule has 5 heteroatoms. The largest absolute Gasteiger partial charge is 0.345 e. The van der Waals surface area contributed by atoms with Crippen molar-refractivity contribution >= 4 is 16.8 Å². The van der Waals surface area contributed by atoms with Gasteiger partial charge in [-0.1, -0.05) is 0 Å². The molecule has 3 aliphatic rings. The summed E-state index contributed by atoms with van der Waals surface area (Å²) in [6.45, 7) is 0. The van der Waals surface area contributed by atoms with Gasteiger partial charge >= 0.3 is 0 Å². The Kier molecular flexibility index (Phi) is 2.36. The van der Waals surface area contributed by atoms with Crippen LogP contribution in [0.1, 0.15) is 50.3 Å². The molecular weight excluding hydrogens is 286 g/mol. The first-order chi connectivity index (χ1) is 11.3. The van der Waals surface area contributed by atoms with E-state index in [0.717, 1.165) is 40.5 Å². The predicted molar refractivity (Wildman–Crippen MR) is 87.0 cm³/mol. The molecule has 0 aromatic carbocycles. The van der Waals surface area contributed by atoms with Crippen molar-refractivity contribution in [2.24, 2.45) is 23.7 Å². The Labute approximate surface area is 134 Å². The van der Waals surface area contributed by atoms with Crippen LogP contribution in [0.4, 0.5) is 0 Å². The fraction of sp³-hybridized carbons (Fsp3) is 0.611. The zero-order valence-corrected chi connectivity index (χ0v) is 13.2. The van der Waals surface area contributed by atoms with Crippen LogP contribution < -0.4 is 0 Å². The van der Waals surface area contributed by atoms with Crippen LogP contribution in [0.5, 0.6) is 0 Å². The van der Waals surface area contributed by atoms with Crippen molar-refractivity contribution in [2.75, 3.05) is 0 Å². The van der Waals surface area contributed by atoms with Gasteiger partial charge in [0.2, 0.25) is 0 Å². The molecule has 1 N–H and O–H groups in total. The average Bonchev–Trinajstić information content (AvgIpc) is 3.21. The lowest BCUT2D eigenvalue weighted by molar-refractivity contribution is 0.249. The molecule has 5 nitrogen and oxygen atoms in total. The van der Waals surface area contributed by atoms with Crippen LogP contribution in [0, 0.1) is 23.7 Å². The molecule has 3 bridgehead atoms. The summed E-state index contributed by atoms with van der Waals surface area (Å²) in [5.41, 5.74) is 2.92. The monoisotopic (exact) mass is 307 g/mol. The lowest BCUT2D eigenvalue weighted by atomic mass is 9.78. The minimum absolute atomic E-state index is 0.560. The molecule has 0 amide bonds. The first-order valence-electron chi connectivity index (χ1n) is 9.02. The SMILES string of the molecule is c1cc2c(ncc3nnc(C4CC5CC6CC(C5)C(C6)C4)n32)[nH]1. The normalized spacial score (nSPS) is 36.1. The number of nitrogens with one attached hydrogen (secondary N) is 1. The lowest BCUT2D eigenvalue weighted by Crippen LogP contribution is -2.17. The Morgan fingerprint density at radius 2 is 1.78 bits per heavy atom. The number of aromatic nitrogens is 5. The standard InChI is InChI=1S/C18H21N5/c1-2-19-17-15(1)23-16(9-20-17)21-22-18(23)14-7-11-3-10-4-12(5-11)13(6-10)8-14/h1-2,9-14,19H,3-8H2. The van der Waals surface area contributed by atoms with E-state index in [1.54, 1.807) is 0 Å². The van der Waals surface area contributed by atoms with E-state index in [-0.39, 0.29) is 0 Å². The summed E-state index contributed by atoms with van der Waals surface area (Å²) < 4.78 is 2.24. The first-order valence-corrected chi connectivity index (χ1v) is 9.02. The van der Waals surface area contributed by atoms with Crippen molar-refractivity contribution < 1.29 is 0 Å². The zero-order chi connectivity index (χ0) is 15.0. The van der Waals surface area contributed by atoms with E-state index in [1.807, 2.05) is 12.4 Å². The summed E-state index contributed by atoms with van der Waals surface area (Å²) in [7, 11) is 0. The highest BCUT2D eigenvalue weighted by atomic mass is 15.3. The van der Waals surface area contributed by atoms with Gasteiger partial charge in [-0.05, 0) is 68.3 Å². The third kappa shape index (κ3) is 1.71. The summed E-state index contributed by atoms with van der Waals surface area (Å²) in [6, 6.07) is 2.09. The van der Waals surface area contributed by atoms with Gasteiger partial charge in [-0.2, -0.15) is 0 Å². The molecule has 5 atom stereocenters. The van der Waals surface area contributed by atoms with E-state index in [1.165, 1.54) is 44.3 Å². The van der Waals surface area contributed by atoms with Crippen LogP contribution in [-0.2, 0) is 0 Å². The maximum Gasteiger partial charge on any atom is 0.179 e. The number of aromatic amines is 1. The summed E-state index contributed by atoms with van der Waals surface area (Å²) in [5.74, 6) is 5.59. The highest BCUT2D eigenvalue weighted by Crippen LogP contribution is 2.56. The van der Waals surface area contributed by atoms with E-state index < -0.39 is 0 Å². The molecule has 3 saturated carbocycles. The van der Waals surface area contributed by atoms with Crippen LogP contribution in [0.3, 0.4) is 0 Å². The molecule has 6 rings (SSSR count). The van der Waals surface area contributed by atoms with Crippen molar-refractivity contribution in [3.05, 3.63) is 24.3 Å². The van der Waals surface area contributed by atoms with E-state index in [9.17, 15) is 0 Å². The smallest absolute Gasteiger partial charge is 0.179 e. The minimum Gasteiger partial charge on any atom is -0.345 e. The van der Waals surface area contributed by atoms with Gasteiger partial charge in [0.25, 0.3) is 0 Å². The Morgan fingerprint density at radius 3 is 2.70 bits per heavy atom. The Morgan fingerprint density at radius 1 is 0.957 bits per heavy atom. The van der Waals surface area contributed by atoms with E-state index in [0.29, 0.717) is 5.92 Å². The van der Waals surface area contributed by atoms with Crippen LogP contribution in [0.2, 0.25) is 0 Å². The molecular formula is C18H21N5. The molecule has 3 fully saturated rings. The summed E-state index contributed by atoms with van der Waals surface area (Å²) in [5, 5.41) is 9.03. The first kappa shape index (κ1) is 12.5. The minimum atomic E-state index is 0.560. The summed E-state index contributed by atoms with van der Waals surface area (Å²) in [4.78, 5) is 7.65. The van der Waals surface area contributed by atoms with Gasteiger partial charge in [0.05, 0.1) is 11.7 Å². The molecule has 0 spiro atoms. The number of nitrogens with zero attached hydrogens (tertiary/aromatic N) is 4. The summed E-state index contributed by atoms with van der Waals surface area (Å²) >= 11 is 0. The average molecular weight is 307 g/mol. The topological polar surface area (TPSA) is 58.9 Å². The fourth-order valence-electron chi connectivity index (χ4n) is 6.03. The van der Waals surface area contributed by atoms with Crippen LogP contribution in [0.15, 0.2) is 18.5 Å². The Balaban J connectivity index is 1.50. The Bertz CT molecular complexity index is 891. The number of rotatable bonds is 1. The van der Waals surface area contributed by atoms with Gasteiger partial charge in [-0.25, -0.2) is 4.98 Å². The van der Waals surface area contributed by atoms with Crippen molar-refractivity contribution in [3.8, 4) is 0 Å². The predicted octanol–water partition coefficient (Wildman–Crippen LogP) is 3.54. The molecule has 118 valence electrons. The van der Waals surface area contributed by atoms with Crippen molar-refractivity contribution in [1.82, 2.24) is 24.6 Å². The quantitative estimate of drug-likeness (QED) is 0.748.